The van der Waals surface area contributed by atoms with Crippen molar-refractivity contribution < 1.29 is 14.3 Å². The molecule has 0 radical (unpaired) electrons. The van der Waals surface area contributed by atoms with Gasteiger partial charge in [0, 0.05) is 24.2 Å². The normalized spacial score (nSPS) is 12.0. The summed E-state index contributed by atoms with van der Waals surface area (Å²) in [4.78, 5) is 31.4. The molecule has 134 valence electrons. The highest BCUT2D eigenvalue weighted by atomic mass is 32.2. The summed E-state index contributed by atoms with van der Waals surface area (Å²) in [5.41, 5.74) is 2.95. The molecule has 3 aromatic rings. The lowest BCUT2D eigenvalue weighted by atomic mass is 10.1. The number of nitrogens with zero attached hydrogens (tertiary/aromatic N) is 1. The Labute approximate surface area is 155 Å². The fourth-order valence-electron chi connectivity index (χ4n) is 2.52. The van der Waals surface area contributed by atoms with E-state index in [0.29, 0.717) is 16.4 Å². The van der Waals surface area contributed by atoms with Crippen LogP contribution in [-0.4, -0.2) is 34.0 Å². The second-order valence-electron chi connectivity index (χ2n) is 5.81. The molecule has 2 aromatic carbocycles. The molecular formula is C19H19N3O3S. The molecule has 0 saturated heterocycles. The van der Waals surface area contributed by atoms with Gasteiger partial charge >= 0.3 is 0 Å². The molecular weight excluding hydrogens is 350 g/mol. The lowest BCUT2D eigenvalue weighted by Crippen LogP contribution is -2.14. The number of thioether (sulfide) groups is 1. The number of aromatic amines is 1. The Hall–Kier alpha value is -2.80. The van der Waals surface area contributed by atoms with Crippen LogP contribution >= 0.6 is 11.8 Å². The largest absolute Gasteiger partial charge is 0.497 e. The Morgan fingerprint density at radius 2 is 1.92 bits per heavy atom. The van der Waals surface area contributed by atoms with Crippen molar-refractivity contribution in [3.63, 3.8) is 0 Å². The van der Waals surface area contributed by atoms with Crippen molar-refractivity contribution in [3.8, 4) is 5.75 Å². The van der Waals surface area contributed by atoms with Gasteiger partial charge in [0.2, 0.25) is 5.91 Å². The van der Waals surface area contributed by atoms with Crippen molar-refractivity contribution in [2.75, 3.05) is 12.4 Å². The minimum Gasteiger partial charge on any atom is -0.497 e. The van der Waals surface area contributed by atoms with E-state index in [1.165, 1.54) is 18.7 Å². The predicted molar refractivity (Wildman–Crippen MR) is 103 cm³/mol. The second kappa shape index (κ2) is 7.61. The zero-order valence-electron chi connectivity index (χ0n) is 14.7. The van der Waals surface area contributed by atoms with Gasteiger partial charge in [-0.25, -0.2) is 4.98 Å². The fourth-order valence-corrected chi connectivity index (χ4v) is 3.42. The van der Waals surface area contributed by atoms with Crippen LogP contribution in [0.25, 0.3) is 11.0 Å². The van der Waals surface area contributed by atoms with Crippen molar-refractivity contribution >= 4 is 40.2 Å². The number of nitrogens with one attached hydrogen (secondary N) is 2. The van der Waals surface area contributed by atoms with Crippen LogP contribution in [0.15, 0.2) is 47.6 Å². The van der Waals surface area contributed by atoms with E-state index in [9.17, 15) is 9.59 Å². The lowest BCUT2D eigenvalue weighted by Gasteiger charge is -2.09. The van der Waals surface area contributed by atoms with Gasteiger partial charge in [0.05, 0.1) is 23.4 Å². The van der Waals surface area contributed by atoms with Gasteiger partial charge in [-0.05, 0) is 43.3 Å². The summed E-state index contributed by atoms with van der Waals surface area (Å²) in [6.45, 7) is 3.29. The number of carbonyl (C=O) groups excluding carboxylic acids is 2. The van der Waals surface area contributed by atoms with Crippen LogP contribution in [0.1, 0.15) is 24.2 Å². The van der Waals surface area contributed by atoms with Crippen LogP contribution in [-0.2, 0) is 4.79 Å². The summed E-state index contributed by atoms with van der Waals surface area (Å²) in [5.74, 6) is 0.609. The molecule has 1 amide bonds. The van der Waals surface area contributed by atoms with Gasteiger partial charge in [0.15, 0.2) is 10.9 Å². The molecule has 1 heterocycles. The van der Waals surface area contributed by atoms with Gasteiger partial charge in [0.1, 0.15) is 5.75 Å². The van der Waals surface area contributed by atoms with Crippen LogP contribution < -0.4 is 10.1 Å². The summed E-state index contributed by atoms with van der Waals surface area (Å²) >= 11 is 1.37. The molecule has 0 aliphatic rings. The second-order valence-corrected chi connectivity index (χ2v) is 7.14. The number of carbonyl (C=O) groups is 2. The quantitative estimate of drug-likeness (QED) is 0.509. The summed E-state index contributed by atoms with van der Waals surface area (Å²) in [6, 6.07) is 12.5. The molecule has 1 unspecified atom stereocenters. The number of benzene rings is 2. The third-order valence-electron chi connectivity index (χ3n) is 3.81. The van der Waals surface area contributed by atoms with E-state index >= 15 is 0 Å². The van der Waals surface area contributed by atoms with Crippen LogP contribution in [0.5, 0.6) is 5.75 Å². The zero-order valence-corrected chi connectivity index (χ0v) is 15.5. The Morgan fingerprint density at radius 1 is 1.19 bits per heavy atom. The monoisotopic (exact) mass is 369 g/mol. The first kappa shape index (κ1) is 18.0. The minimum atomic E-state index is -0.302. The Balaban J connectivity index is 1.71. The molecule has 7 heteroatoms. The number of rotatable bonds is 6. The fraction of sp³-hybridized carbons (Fsp3) is 0.211. The number of fused-ring (bicyclic) bond motifs is 1. The van der Waals surface area contributed by atoms with Crippen LogP contribution in [0.4, 0.5) is 5.69 Å². The van der Waals surface area contributed by atoms with Crippen LogP contribution in [0, 0.1) is 0 Å². The van der Waals surface area contributed by atoms with E-state index < -0.39 is 0 Å². The average Bonchev–Trinajstić information content (AvgIpc) is 3.02. The smallest absolute Gasteiger partial charge is 0.221 e. The van der Waals surface area contributed by atoms with Gasteiger partial charge in [-0.15, -0.1) is 0 Å². The number of ketones is 1. The number of imidazole rings is 1. The average molecular weight is 369 g/mol. The Morgan fingerprint density at radius 3 is 2.58 bits per heavy atom. The Kier molecular flexibility index (Phi) is 5.27. The maximum atomic E-state index is 12.6. The molecule has 3 rings (SSSR count). The van der Waals surface area contributed by atoms with Crippen molar-refractivity contribution in [1.82, 2.24) is 9.97 Å². The third kappa shape index (κ3) is 4.05. The van der Waals surface area contributed by atoms with E-state index in [1.54, 1.807) is 31.4 Å². The summed E-state index contributed by atoms with van der Waals surface area (Å²) in [7, 11) is 1.62. The molecule has 2 N–H and O–H groups in total. The molecule has 1 aromatic heterocycles. The number of H-pyrrole nitrogens is 1. The topological polar surface area (TPSA) is 84.1 Å². The highest BCUT2D eigenvalue weighted by Gasteiger charge is 2.18. The van der Waals surface area contributed by atoms with Crippen molar-refractivity contribution in [2.24, 2.45) is 0 Å². The first-order valence-electron chi connectivity index (χ1n) is 8.08. The van der Waals surface area contributed by atoms with E-state index in [4.69, 9.17) is 4.74 Å². The molecule has 1 atom stereocenters. The number of methoxy groups -OCH3 is 1. The number of amides is 1. The first-order valence-corrected chi connectivity index (χ1v) is 8.96. The van der Waals surface area contributed by atoms with E-state index in [-0.39, 0.29) is 16.9 Å². The van der Waals surface area contributed by atoms with Crippen molar-refractivity contribution in [3.05, 3.63) is 48.0 Å². The number of hydrogen-bond acceptors (Lipinski definition) is 5. The van der Waals surface area contributed by atoms with Gasteiger partial charge < -0.3 is 15.0 Å². The van der Waals surface area contributed by atoms with Crippen molar-refractivity contribution in [2.45, 2.75) is 24.3 Å². The van der Waals surface area contributed by atoms with E-state index in [0.717, 1.165) is 16.8 Å². The molecule has 6 nitrogen and oxygen atoms in total. The number of hydrogen-bond donors (Lipinski definition) is 2. The number of Topliss-reactive ketones (excluding diaryl/α,β-unsaturated/α-hetero) is 1. The number of ether oxygens (including phenoxy) is 1. The van der Waals surface area contributed by atoms with Gasteiger partial charge in [-0.2, -0.15) is 0 Å². The van der Waals surface area contributed by atoms with Crippen LogP contribution in [0.2, 0.25) is 0 Å². The standard InChI is InChI=1S/C19H19N3O3S/c1-11(18(24)13-4-6-14(7-5-13)20-12(2)23)26-19-21-16-9-8-15(25-3)10-17(16)22-19/h4-11H,1-3H3,(H,20,23)(H,21,22). The molecule has 0 spiro atoms. The molecule has 0 bridgehead atoms. The number of aromatic nitrogens is 2. The number of anilines is 1. The maximum Gasteiger partial charge on any atom is 0.221 e. The molecule has 26 heavy (non-hydrogen) atoms. The van der Waals surface area contributed by atoms with Crippen molar-refractivity contribution in [1.29, 1.82) is 0 Å². The third-order valence-corrected chi connectivity index (χ3v) is 4.80. The highest BCUT2D eigenvalue weighted by molar-refractivity contribution is 8.00. The molecule has 0 aliphatic heterocycles. The minimum absolute atomic E-state index is 0.00223. The predicted octanol–water partition coefficient (Wildman–Crippen LogP) is 3.89. The van der Waals surface area contributed by atoms with Crippen LogP contribution in [0.3, 0.4) is 0 Å². The van der Waals surface area contributed by atoms with Gasteiger partial charge in [-0.3, -0.25) is 9.59 Å². The SMILES string of the molecule is COc1ccc2nc(SC(C)C(=O)c3ccc(NC(C)=O)cc3)[nH]c2c1. The highest BCUT2D eigenvalue weighted by Crippen LogP contribution is 2.27. The summed E-state index contributed by atoms with van der Waals surface area (Å²) in [6.07, 6.45) is 0. The summed E-state index contributed by atoms with van der Waals surface area (Å²) < 4.78 is 5.21. The molecule has 0 aliphatic carbocycles. The summed E-state index contributed by atoms with van der Waals surface area (Å²) in [5, 5.41) is 3.07. The molecule has 0 saturated carbocycles. The molecule has 0 fully saturated rings. The van der Waals surface area contributed by atoms with Gasteiger partial charge in [-0.1, -0.05) is 11.8 Å². The lowest BCUT2D eigenvalue weighted by molar-refractivity contribution is -0.114. The van der Waals surface area contributed by atoms with E-state index in [2.05, 4.69) is 15.3 Å². The Bertz CT molecular complexity index is 950. The maximum absolute atomic E-state index is 12.6. The van der Waals surface area contributed by atoms with E-state index in [1.807, 2.05) is 25.1 Å². The van der Waals surface area contributed by atoms with Gasteiger partial charge in [0.25, 0.3) is 0 Å². The zero-order chi connectivity index (χ0) is 18.7. The first-order chi connectivity index (χ1) is 12.5.